The van der Waals surface area contributed by atoms with E-state index in [0.29, 0.717) is 0 Å². The molecule has 1 aromatic rings. The van der Waals surface area contributed by atoms with E-state index in [1.54, 1.807) is 18.2 Å². The summed E-state index contributed by atoms with van der Waals surface area (Å²) in [7, 11) is -0.913. The maximum atomic E-state index is 12.1. The molecule has 0 spiro atoms. The van der Waals surface area contributed by atoms with E-state index in [4.69, 9.17) is 9.47 Å². The molecule has 0 aliphatic rings. The van der Waals surface area contributed by atoms with Crippen LogP contribution in [0.1, 0.15) is 6.92 Å². The quantitative estimate of drug-likeness (QED) is 0.757. The SMILES string of the molecule is COC[C@@](C)(O)CNS(=O)(=O)c1ccccc1OC. The summed E-state index contributed by atoms with van der Waals surface area (Å²) in [6, 6.07) is 6.28. The molecule has 0 radical (unpaired) electrons. The van der Waals surface area contributed by atoms with Crippen LogP contribution in [-0.4, -0.2) is 46.5 Å². The molecule has 0 aliphatic carbocycles. The predicted octanol–water partition coefficient (Wildman–Crippen LogP) is 0.371. The van der Waals surface area contributed by atoms with E-state index in [9.17, 15) is 13.5 Å². The molecule has 0 fully saturated rings. The van der Waals surface area contributed by atoms with E-state index < -0.39 is 15.6 Å². The van der Waals surface area contributed by atoms with Crippen LogP contribution >= 0.6 is 0 Å². The van der Waals surface area contributed by atoms with Gasteiger partial charge in [0.05, 0.1) is 19.3 Å². The lowest BCUT2D eigenvalue weighted by atomic mass is 10.1. The Morgan fingerprint density at radius 3 is 2.53 bits per heavy atom. The van der Waals surface area contributed by atoms with Crippen LogP contribution in [0.4, 0.5) is 0 Å². The lowest BCUT2D eigenvalue weighted by Gasteiger charge is -2.22. The monoisotopic (exact) mass is 289 g/mol. The van der Waals surface area contributed by atoms with E-state index in [1.807, 2.05) is 0 Å². The van der Waals surface area contributed by atoms with Crippen LogP contribution in [0, 0.1) is 0 Å². The van der Waals surface area contributed by atoms with Gasteiger partial charge in [0, 0.05) is 13.7 Å². The lowest BCUT2D eigenvalue weighted by Crippen LogP contribution is -2.43. The van der Waals surface area contributed by atoms with Crippen molar-refractivity contribution < 1.29 is 23.0 Å². The van der Waals surface area contributed by atoms with Crippen LogP contribution < -0.4 is 9.46 Å². The zero-order valence-electron chi connectivity index (χ0n) is 11.2. The number of aliphatic hydroxyl groups is 1. The van der Waals surface area contributed by atoms with Crippen LogP contribution in [-0.2, 0) is 14.8 Å². The summed E-state index contributed by atoms with van der Waals surface area (Å²) in [4.78, 5) is 0.0331. The van der Waals surface area contributed by atoms with Gasteiger partial charge in [-0.2, -0.15) is 0 Å². The fourth-order valence-electron chi connectivity index (χ4n) is 1.53. The van der Waals surface area contributed by atoms with Crippen LogP contribution in [0.5, 0.6) is 5.75 Å². The molecule has 7 heteroatoms. The molecule has 1 rings (SSSR count). The third-order valence-corrected chi connectivity index (χ3v) is 3.90. The average Bonchev–Trinajstić information content (AvgIpc) is 2.37. The molecule has 2 N–H and O–H groups in total. The fourth-order valence-corrected chi connectivity index (χ4v) is 2.86. The van der Waals surface area contributed by atoms with Crippen molar-refractivity contribution in [1.82, 2.24) is 4.72 Å². The van der Waals surface area contributed by atoms with Crippen molar-refractivity contribution in [2.45, 2.75) is 17.4 Å². The van der Waals surface area contributed by atoms with Gasteiger partial charge in [-0.25, -0.2) is 13.1 Å². The molecule has 0 saturated carbocycles. The summed E-state index contributed by atoms with van der Waals surface area (Å²) in [5, 5.41) is 9.87. The summed E-state index contributed by atoms with van der Waals surface area (Å²) in [6.07, 6.45) is 0. The van der Waals surface area contributed by atoms with E-state index >= 15 is 0 Å². The third-order valence-electron chi connectivity index (χ3n) is 2.46. The Labute approximate surface area is 113 Å². The second-order valence-electron chi connectivity index (χ2n) is 4.41. The van der Waals surface area contributed by atoms with E-state index in [0.717, 1.165) is 0 Å². The number of ether oxygens (including phenoxy) is 2. The smallest absolute Gasteiger partial charge is 0.244 e. The Kier molecular flexibility index (Phi) is 5.30. The summed E-state index contributed by atoms with van der Waals surface area (Å²) in [6.45, 7) is 1.36. The average molecular weight is 289 g/mol. The predicted molar refractivity (Wildman–Crippen MR) is 70.7 cm³/mol. The number of methoxy groups -OCH3 is 2. The minimum absolute atomic E-state index is 0.0292. The Hall–Kier alpha value is -1.15. The molecule has 0 heterocycles. The summed E-state index contributed by atoms with van der Waals surface area (Å²) in [5.74, 6) is 0.251. The number of hydrogen-bond acceptors (Lipinski definition) is 5. The van der Waals surface area contributed by atoms with E-state index in [2.05, 4.69) is 4.72 Å². The number of benzene rings is 1. The molecule has 0 saturated heterocycles. The number of nitrogens with one attached hydrogen (secondary N) is 1. The molecule has 108 valence electrons. The van der Waals surface area contributed by atoms with Crippen molar-refractivity contribution >= 4 is 10.0 Å². The summed E-state index contributed by atoms with van der Waals surface area (Å²) < 4.78 is 36.4. The van der Waals surface area contributed by atoms with Gasteiger partial charge in [-0.15, -0.1) is 0 Å². The van der Waals surface area contributed by atoms with Crippen LogP contribution in [0.2, 0.25) is 0 Å². The third kappa shape index (κ3) is 4.46. The van der Waals surface area contributed by atoms with Gasteiger partial charge in [-0.1, -0.05) is 12.1 Å². The van der Waals surface area contributed by atoms with Gasteiger partial charge in [-0.3, -0.25) is 0 Å². The van der Waals surface area contributed by atoms with Crippen molar-refractivity contribution in [3.8, 4) is 5.75 Å². The highest BCUT2D eigenvalue weighted by Crippen LogP contribution is 2.22. The van der Waals surface area contributed by atoms with Crippen LogP contribution in [0.3, 0.4) is 0 Å². The first-order valence-corrected chi connectivity index (χ1v) is 7.15. The Morgan fingerprint density at radius 2 is 1.95 bits per heavy atom. The van der Waals surface area contributed by atoms with Gasteiger partial charge in [0.25, 0.3) is 0 Å². The number of sulfonamides is 1. The first kappa shape index (κ1) is 15.9. The molecule has 0 amide bonds. The molecular formula is C12H19NO5S. The van der Waals surface area contributed by atoms with Crippen molar-refractivity contribution in [3.63, 3.8) is 0 Å². The second kappa shape index (κ2) is 6.33. The molecule has 0 aliphatic heterocycles. The maximum absolute atomic E-state index is 12.1. The standard InChI is InChI=1S/C12H19NO5S/c1-12(14,9-17-2)8-13-19(15,16)11-7-5-4-6-10(11)18-3/h4-7,13-14H,8-9H2,1-3H3/t12-/m0/s1. The largest absolute Gasteiger partial charge is 0.495 e. The van der Waals surface area contributed by atoms with Crippen molar-refractivity contribution in [2.75, 3.05) is 27.4 Å². The highest BCUT2D eigenvalue weighted by Gasteiger charge is 2.25. The van der Waals surface area contributed by atoms with E-state index in [1.165, 1.54) is 27.2 Å². The Morgan fingerprint density at radius 1 is 1.32 bits per heavy atom. The fraction of sp³-hybridized carbons (Fsp3) is 0.500. The molecule has 6 nitrogen and oxygen atoms in total. The van der Waals surface area contributed by atoms with Gasteiger partial charge >= 0.3 is 0 Å². The molecule has 1 aromatic carbocycles. The highest BCUT2D eigenvalue weighted by atomic mass is 32.2. The maximum Gasteiger partial charge on any atom is 0.244 e. The topological polar surface area (TPSA) is 84.9 Å². The van der Waals surface area contributed by atoms with Gasteiger partial charge in [0.2, 0.25) is 10.0 Å². The Bertz CT molecular complexity index is 513. The van der Waals surface area contributed by atoms with Gasteiger partial charge in [0.15, 0.2) is 0 Å². The molecule has 1 atom stereocenters. The number of para-hydroxylation sites is 1. The van der Waals surface area contributed by atoms with Crippen molar-refractivity contribution in [1.29, 1.82) is 0 Å². The van der Waals surface area contributed by atoms with Gasteiger partial charge in [-0.05, 0) is 19.1 Å². The highest BCUT2D eigenvalue weighted by molar-refractivity contribution is 7.89. The minimum Gasteiger partial charge on any atom is -0.495 e. The first-order valence-electron chi connectivity index (χ1n) is 5.66. The molecule has 0 unspecified atom stereocenters. The van der Waals surface area contributed by atoms with E-state index in [-0.39, 0.29) is 23.8 Å². The number of hydrogen-bond donors (Lipinski definition) is 2. The van der Waals surface area contributed by atoms with Crippen LogP contribution in [0.25, 0.3) is 0 Å². The molecule has 0 bridgehead atoms. The molecule has 19 heavy (non-hydrogen) atoms. The van der Waals surface area contributed by atoms with Crippen LogP contribution in [0.15, 0.2) is 29.2 Å². The first-order chi connectivity index (χ1) is 8.82. The lowest BCUT2D eigenvalue weighted by molar-refractivity contribution is -0.0119. The van der Waals surface area contributed by atoms with Gasteiger partial charge < -0.3 is 14.6 Å². The second-order valence-corrected chi connectivity index (χ2v) is 6.14. The van der Waals surface area contributed by atoms with Crippen molar-refractivity contribution in [2.24, 2.45) is 0 Å². The molecule has 0 aromatic heterocycles. The van der Waals surface area contributed by atoms with Gasteiger partial charge in [0.1, 0.15) is 10.6 Å². The van der Waals surface area contributed by atoms with Crippen molar-refractivity contribution in [3.05, 3.63) is 24.3 Å². The Balaban J connectivity index is 2.87. The minimum atomic E-state index is -3.75. The normalized spacial score (nSPS) is 14.9. The summed E-state index contributed by atoms with van der Waals surface area (Å²) in [5.41, 5.74) is -1.27. The zero-order chi connectivity index (χ0) is 14.5. The summed E-state index contributed by atoms with van der Waals surface area (Å²) >= 11 is 0. The number of rotatable bonds is 7. The molecular weight excluding hydrogens is 270 g/mol. The zero-order valence-corrected chi connectivity index (χ0v) is 12.0.